The molecule has 2 N–H and O–H groups in total. The summed E-state index contributed by atoms with van der Waals surface area (Å²) in [6, 6.07) is 16.3. The third-order valence-electron chi connectivity index (χ3n) is 5.55. The third-order valence-corrected chi connectivity index (χ3v) is 5.55. The maximum absolute atomic E-state index is 13.6. The van der Waals surface area contributed by atoms with Crippen LogP contribution in [0.4, 0.5) is 0 Å². The molecule has 0 unspecified atom stereocenters. The highest BCUT2D eigenvalue weighted by Crippen LogP contribution is 2.31. The highest BCUT2D eigenvalue weighted by molar-refractivity contribution is 6.16. The first-order chi connectivity index (χ1) is 17.1. The zero-order valence-corrected chi connectivity index (χ0v) is 19.6. The van der Waals surface area contributed by atoms with Crippen molar-refractivity contribution in [3.05, 3.63) is 82.0 Å². The molecule has 0 saturated carbocycles. The molecular weight excluding hydrogens is 442 g/mol. The molecule has 0 saturated heterocycles. The summed E-state index contributed by atoms with van der Waals surface area (Å²) < 4.78 is 10.9. The van der Waals surface area contributed by atoms with E-state index >= 15 is 0 Å². The number of hydrogen-bond donors (Lipinski definition) is 2. The Morgan fingerprint density at radius 3 is 2.54 bits per heavy atom. The van der Waals surface area contributed by atoms with Crippen LogP contribution in [0, 0.1) is 12.3 Å². The molecule has 2 aromatic carbocycles. The van der Waals surface area contributed by atoms with E-state index in [2.05, 4.69) is 20.9 Å². The van der Waals surface area contributed by atoms with Gasteiger partial charge in [0.05, 0.1) is 17.7 Å². The quantitative estimate of drug-likeness (QED) is 0.191. The van der Waals surface area contributed by atoms with Crippen molar-refractivity contribution in [1.29, 1.82) is 0 Å². The van der Waals surface area contributed by atoms with Gasteiger partial charge >= 0.3 is 0 Å². The lowest BCUT2D eigenvalue weighted by atomic mass is 9.98. The van der Waals surface area contributed by atoms with Crippen molar-refractivity contribution in [3.8, 4) is 29.2 Å². The summed E-state index contributed by atoms with van der Waals surface area (Å²) in [7, 11) is 0. The number of unbranched alkanes of at least 4 members (excludes halogenated alkanes) is 1. The lowest BCUT2D eigenvalue weighted by Crippen LogP contribution is -2.12. The van der Waals surface area contributed by atoms with E-state index in [-0.39, 0.29) is 11.3 Å². The summed E-state index contributed by atoms with van der Waals surface area (Å²) in [5, 5.41) is 0.358. The molecule has 0 atom stereocenters. The standard InChI is InChI=1S/C28H27N3O4/c1-3-5-7-12-22-29-27-24(28(33)30-22)23(19-10-8-6-9-11-19)25(31-27)26(32)20-13-15-21(16-14-20)35-18-17-34-4-2/h1,6,8-11,13-16H,4-5,7,12,17-18H2,2H3,(H2,29,30,31,33). The molecule has 35 heavy (non-hydrogen) atoms. The van der Waals surface area contributed by atoms with E-state index < -0.39 is 0 Å². The van der Waals surface area contributed by atoms with Crippen LogP contribution in [-0.2, 0) is 11.2 Å². The number of carbonyl (C=O) groups excluding carboxylic acids is 1. The van der Waals surface area contributed by atoms with Crippen molar-refractivity contribution < 1.29 is 14.3 Å². The molecule has 0 aliphatic carbocycles. The summed E-state index contributed by atoms with van der Waals surface area (Å²) in [5.74, 6) is 3.53. The Kier molecular flexibility index (Phi) is 7.76. The predicted molar refractivity (Wildman–Crippen MR) is 136 cm³/mol. The molecule has 2 heterocycles. The second-order valence-electron chi connectivity index (χ2n) is 7.93. The highest BCUT2D eigenvalue weighted by Gasteiger charge is 2.23. The van der Waals surface area contributed by atoms with Gasteiger partial charge in [-0.25, -0.2) is 4.98 Å². The average molecular weight is 470 g/mol. The Morgan fingerprint density at radius 1 is 1.06 bits per heavy atom. The van der Waals surface area contributed by atoms with Crippen LogP contribution in [0.1, 0.15) is 41.6 Å². The zero-order valence-electron chi connectivity index (χ0n) is 19.6. The number of fused-ring (bicyclic) bond motifs is 1. The lowest BCUT2D eigenvalue weighted by Gasteiger charge is -2.08. The maximum atomic E-state index is 13.6. The molecule has 0 radical (unpaired) electrons. The summed E-state index contributed by atoms with van der Waals surface area (Å²) in [4.78, 5) is 37.2. The van der Waals surface area contributed by atoms with Crippen LogP contribution in [0.15, 0.2) is 59.4 Å². The van der Waals surface area contributed by atoms with Gasteiger partial charge < -0.3 is 19.4 Å². The van der Waals surface area contributed by atoms with Crippen LogP contribution < -0.4 is 10.3 Å². The van der Waals surface area contributed by atoms with Crippen molar-refractivity contribution in [1.82, 2.24) is 15.0 Å². The summed E-state index contributed by atoms with van der Waals surface area (Å²) in [6.07, 6.45) is 7.18. The van der Waals surface area contributed by atoms with E-state index in [9.17, 15) is 9.59 Å². The Hall–Kier alpha value is -4.15. The van der Waals surface area contributed by atoms with Crippen LogP contribution >= 0.6 is 0 Å². The van der Waals surface area contributed by atoms with Gasteiger partial charge in [0.1, 0.15) is 23.8 Å². The molecule has 0 aliphatic rings. The van der Waals surface area contributed by atoms with Gasteiger partial charge in [-0.05, 0) is 43.2 Å². The number of terminal acetylenes is 1. The Labute approximate surface area is 203 Å². The number of ketones is 1. The fourth-order valence-corrected chi connectivity index (χ4v) is 3.90. The van der Waals surface area contributed by atoms with E-state index in [0.717, 1.165) is 5.56 Å². The summed E-state index contributed by atoms with van der Waals surface area (Å²) in [5.41, 5.74) is 2.16. The number of H-pyrrole nitrogens is 2. The molecule has 0 fully saturated rings. The number of aromatic amines is 2. The number of nitrogens with one attached hydrogen (secondary N) is 2. The molecule has 0 amide bonds. The molecule has 7 nitrogen and oxygen atoms in total. The minimum atomic E-state index is -0.294. The molecule has 4 aromatic rings. The number of hydrogen-bond acceptors (Lipinski definition) is 5. The minimum Gasteiger partial charge on any atom is -0.491 e. The van der Waals surface area contributed by atoms with Crippen molar-refractivity contribution >= 4 is 16.8 Å². The van der Waals surface area contributed by atoms with Crippen LogP contribution in [0.25, 0.3) is 22.2 Å². The first-order valence-electron chi connectivity index (χ1n) is 11.6. The maximum Gasteiger partial charge on any atom is 0.261 e. The number of rotatable bonds is 11. The number of carbonyl (C=O) groups is 1. The molecule has 0 aliphatic heterocycles. The fraction of sp³-hybridized carbons (Fsp3) is 0.250. The molecule has 2 aromatic heterocycles. The SMILES string of the molecule is C#CCCCc1nc2[nH]c(C(=O)c3ccc(OCCOCC)cc3)c(-c3ccccc3)c2c(=O)[nH]1. The predicted octanol–water partition coefficient (Wildman–Crippen LogP) is 4.52. The van der Waals surface area contributed by atoms with Gasteiger partial charge in [-0.15, -0.1) is 12.3 Å². The first kappa shape index (κ1) is 24.0. The zero-order chi connectivity index (χ0) is 24.6. The van der Waals surface area contributed by atoms with Crippen molar-refractivity contribution in [2.45, 2.75) is 26.2 Å². The second-order valence-corrected chi connectivity index (χ2v) is 7.93. The van der Waals surface area contributed by atoms with Gasteiger partial charge in [0, 0.05) is 30.6 Å². The van der Waals surface area contributed by atoms with Crippen molar-refractivity contribution in [2.75, 3.05) is 19.8 Å². The summed E-state index contributed by atoms with van der Waals surface area (Å²) in [6.45, 7) is 3.49. The molecule has 7 heteroatoms. The monoisotopic (exact) mass is 469 g/mol. The number of nitrogens with zero attached hydrogens (tertiary/aromatic N) is 1. The number of aromatic nitrogens is 3. The van der Waals surface area contributed by atoms with Gasteiger partial charge in [-0.1, -0.05) is 30.3 Å². The van der Waals surface area contributed by atoms with E-state index in [0.29, 0.717) is 78.5 Å². The Balaban J connectivity index is 1.72. The minimum absolute atomic E-state index is 0.240. The molecule has 4 rings (SSSR count). The smallest absolute Gasteiger partial charge is 0.261 e. The van der Waals surface area contributed by atoms with Crippen LogP contribution in [0.5, 0.6) is 5.75 Å². The van der Waals surface area contributed by atoms with E-state index in [1.54, 1.807) is 24.3 Å². The van der Waals surface area contributed by atoms with Crippen molar-refractivity contribution in [2.24, 2.45) is 0 Å². The highest BCUT2D eigenvalue weighted by atomic mass is 16.5. The van der Waals surface area contributed by atoms with Gasteiger partial charge in [0.15, 0.2) is 0 Å². The Morgan fingerprint density at radius 2 is 1.83 bits per heavy atom. The molecular formula is C28H27N3O4. The van der Waals surface area contributed by atoms with E-state index in [1.807, 2.05) is 37.3 Å². The van der Waals surface area contributed by atoms with Crippen molar-refractivity contribution in [3.63, 3.8) is 0 Å². The molecule has 0 spiro atoms. The summed E-state index contributed by atoms with van der Waals surface area (Å²) >= 11 is 0. The Bertz CT molecular complexity index is 1400. The fourth-order valence-electron chi connectivity index (χ4n) is 3.90. The average Bonchev–Trinajstić information content (AvgIpc) is 3.27. The molecule has 178 valence electrons. The van der Waals surface area contributed by atoms with Crippen LogP contribution in [0.2, 0.25) is 0 Å². The van der Waals surface area contributed by atoms with E-state index in [4.69, 9.17) is 15.9 Å². The largest absolute Gasteiger partial charge is 0.491 e. The van der Waals surface area contributed by atoms with E-state index in [1.165, 1.54) is 0 Å². The second kappa shape index (κ2) is 11.3. The normalized spacial score (nSPS) is 10.9. The molecule has 0 bridgehead atoms. The first-order valence-corrected chi connectivity index (χ1v) is 11.6. The van der Waals surface area contributed by atoms with Crippen LogP contribution in [-0.4, -0.2) is 40.6 Å². The lowest BCUT2D eigenvalue weighted by molar-refractivity contribution is 0.103. The van der Waals surface area contributed by atoms with Gasteiger partial charge in [-0.2, -0.15) is 0 Å². The van der Waals surface area contributed by atoms with Gasteiger partial charge in [-0.3, -0.25) is 9.59 Å². The number of ether oxygens (including phenoxy) is 2. The van der Waals surface area contributed by atoms with Crippen LogP contribution in [0.3, 0.4) is 0 Å². The van der Waals surface area contributed by atoms with Gasteiger partial charge in [0.25, 0.3) is 5.56 Å². The third kappa shape index (κ3) is 5.51. The number of aryl methyl sites for hydroxylation is 1. The topological polar surface area (TPSA) is 97.1 Å². The number of benzene rings is 2. The van der Waals surface area contributed by atoms with Gasteiger partial charge in [0.2, 0.25) is 5.78 Å².